The minimum atomic E-state index is 0.712. The average Bonchev–Trinajstić information content (AvgIpc) is 2.20. The van der Waals surface area contributed by atoms with Gasteiger partial charge in [0.05, 0.1) is 0 Å². The quantitative estimate of drug-likeness (QED) is 0.562. The molecule has 0 N–H and O–H groups in total. The molecule has 0 aromatic rings. The topological polar surface area (TPSA) is 3.24 Å². The van der Waals surface area contributed by atoms with Gasteiger partial charge in [-0.3, -0.25) is 0 Å². The van der Waals surface area contributed by atoms with E-state index in [1.165, 1.54) is 32.4 Å². The molecule has 15 heavy (non-hydrogen) atoms. The monoisotopic (exact) mass is 215 g/mol. The zero-order valence-electron chi connectivity index (χ0n) is 12.1. The number of hydrogen-bond acceptors (Lipinski definition) is 1. The fourth-order valence-corrected chi connectivity index (χ4v) is 1.65. The predicted molar refractivity (Wildman–Crippen MR) is 72.4 cm³/mol. The Hall–Kier alpha value is -0.0400. The maximum Gasteiger partial charge on any atom is 0.00384 e. The molecule has 0 atom stereocenters. The summed E-state index contributed by atoms with van der Waals surface area (Å²) in [5.41, 5.74) is 0. The van der Waals surface area contributed by atoms with Crippen molar-refractivity contribution in [1.29, 1.82) is 0 Å². The van der Waals surface area contributed by atoms with Gasteiger partial charge in [0, 0.05) is 6.04 Å². The summed E-state index contributed by atoms with van der Waals surface area (Å²) in [5.74, 6) is 0.870. The Morgan fingerprint density at radius 2 is 1.47 bits per heavy atom. The van der Waals surface area contributed by atoms with Gasteiger partial charge in [0.2, 0.25) is 0 Å². The summed E-state index contributed by atoms with van der Waals surface area (Å²) < 4.78 is 0. The summed E-state index contributed by atoms with van der Waals surface area (Å²) in [7, 11) is 0. The minimum absolute atomic E-state index is 0.712. The summed E-state index contributed by atoms with van der Waals surface area (Å²) in [6.07, 6.45) is 4.14. The second-order valence-electron chi connectivity index (χ2n) is 4.61. The summed E-state index contributed by atoms with van der Waals surface area (Å²) in [4.78, 5) is 2.54. The normalized spacial score (nSPS) is 10.8. The molecule has 0 aromatic carbocycles. The molecule has 0 aliphatic carbocycles. The van der Waals surface area contributed by atoms with E-state index >= 15 is 0 Å². The lowest BCUT2D eigenvalue weighted by atomic mass is 10.1. The maximum atomic E-state index is 2.54. The van der Waals surface area contributed by atoms with Gasteiger partial charge >= 0.3 is 0 Å². The lowest BCUT2D eigenvalue weighted by Crippen LogP contribution is -2.31. The van der Waals surface area contributed by atoms with E-state index in [1.807, 2.05) is 13.8 Å². The van der Waals surface area contributed by atoms with Crippen molar-refractivity contribution in [3.63, 3.8) is 0 Å². The third-order valence-electron chi connectivity index (χ3n) is 2.61. The zero-order valence-corrected chi connectivity index (χ0v) is 12.1. The van der Waals surface area contributed by atoms with Crippen LogP contribution in [0.2, 0.25) is 0 Å². The van der Waals surface area contributed by atoms with Crippen LogP contribution in [0.25, 0.3) is 0 Å². The Labute approximate surface area is 98.2 Å². The van der Waals surface area contributed by atoms with Crippen molar-refractivity contribution in [2.75, 3.05) is 13.1 Å². The lowest BCUT2D eigenvalue weighted by Gasteiger charge is -2.24. The summed E-state index contributed by atoms with van der Waals surface area (Å²) >= 11 is 0. The van der Waals surface area contributed by atoms with Crippen molar-refractivity contribution < 1.29 is 0 Å². The summed E-state index contributed by atoms with van der Waals surface area (Å²) in [6, 6.07) is 0.712. The minimum Gasteiger partial charge on any atom is -0.301 e. The molecule has 1 heteroatoms. The van der Waals surface area contributed by atoms with Gasteiger partial charge in [0.25, 0.3) is 0 Å². The van der Waals surface area contributed by atoms with Gasteiger partial charge in [0.15, 0.2) is 0 Å². The lowest BCUT2D eigenvalue weighted by molar-refractivity contribution is 0.227. The molecule has 0 fully saturated rings. The average molecular weight is 215 g/mol. The van der Waals surface area contributed by atoms with E-state index in [0.29, 0.717) is 6.04 Å². The molecule has 0 saturated heterocycles. The van der Waals surface area contributed by atoms with Gasteiger partial charge in [-0.25, -0.2) is 0 Å². The molecule has 0 saturated carbocycles. The second kappa shape index (κ2) is 12.0. The highest BCUT2D eigenvalue weighted by Gasteiger charge is 2.05. The van der Waals surface area contributed by atoms with Crippen LogP contribution in [0.3, 0.4) is 0 Å². The van der Waals surface area contributed by atoms with E-state index in [-0.39, 0.29) is 0 Å². The molecule has 0 rings (SSSR count). The molecule has 0 radical (unpaired) electrons. The van der Waals surface area contributed by atoms with Crippen LogP contribution < -0.4 is 0 Å². The SMILES string of the molecule is CC.CCN(CCCCC(C)C)C(C)C. The molecule has 0 amide bonds. The number of rotatable bonds is 7. The van der Waals surface area contributed by atoms with Crippen molar-refractivity contribution in [2.24, 2.45) is 5.92 Å². The van der Waals surface area contributed by atoms with Crippen LogP contribution in [-0.4, -0.2) is 24.0 Å². The van der Waals surface area contributed by atoms with Gasteiger partial charge in [-0.05, 0) is 39.3 Å². The van der Waals surface area contributed by atoms with E-state index in [2.05, 4.69) is 39.5 Å². The van der Waals surface area contributed by atoms with Gasteiger partial charge in [-0.2, -0.15) is 0 Å². The zero-order chi connectivity index (χ0) is 12.3. The van der Waals surface area contributed by atoms with Gasteiger partial charge < -0.3 is 4.90 Å². The van der Waals surface area contributed by atoms with E-state index in [4.69, 9.17) is 0 Å². The Bertz CT molecular complexity index is 108. The Kier molecular flexibility index (Phi) is 13.9. The molecule has 1 nitrogen and oxygen atoms in total. The third-order valence-corrected chi connectivity index (χ3v) is 2.61. The molecule has 0 unspecified atom stereocenters. The Morgan fingerprint density at radius 3 is 1.80 bits per heavy atom. The van der Waals surface area contributed by atoms with E-state index in [0.717, 1.165) is 5.92 Å². The van der Waals surface area contributed by atoms with Crippen LogP contribution in [0, 0.1) is 5.92 Å². The molecule has 0 aromatic heterocycles. The molecular weight excluding hydrogens is 182 g/mol. The standard InChI is InChI=1S/C12H27N.C2H6/c1-6-13(12(4)5)10-8-7-9-11(2)3;1-2/h11-12H,6-10H2,1-5H3;1-2H3. The van der Waals surface area contributed by atoms with Crippen LogP contribution in [0.4, 0.5) is 0 Å². The first-order chi connectivity index (χ1) is 7.07. The first kappa shape index (κ1) is 17.4. The smallest absolute Gasteiger partial charge is 0.00384 e. The van der Waals surface area contributed by atoms with Gasteiger partial charge in [0.1, 0.15) is 0 Å². The second-order valence-corrected chi connectivity index (χ2v) is 4.61. The van der Waals surface area contributed by atoms with E-state index in [9.17, 15) is 0 Å². The Balaban J connectivity index is 0. The highest BCUT2D eigenvalue weighted by molar-refractivity contribution is 4.60. The van der Waals surface area contributed by atoms with Crippen LogP contribution in [0.1, 0.15) is 67.7 Å². The summed E-state index contributed by atoms with van der Waals surface area (Å²) in [5, 5.41) is 0. The molecule has 0 bridgehead atoms. The number of unbranched alkanes of at least 4 members (excludes halogenated alkanes) is 1. The van der Waals surface area contributed by atoms with Crippen molar-refractivity contribution >= 4 is 0 Å². The summed E-state index contributed by atoms with van der Waals surface area (Å²) in [6.45, 7) is 17.9. The first-order valence-electron chi connectivity index (χ1n) is 6.82. The van der Waals surface area contributed by atoms with Crippen LogP contribution >= 0.6 is 0 Å². The molecule has 0 aliphatic rings. The molecule has 0 heterocycles. The van der Waals surface area contributed by atoms with E-state index < -0.39 is 0 Å². The maximum absolute atomic E-state index is 2.54. The van der Waals surface area contributed by atoms with Crippen molar-refractivity contribution in [3.05, 3.63) is 0 Å². The van der Waals surface area contributed by atoms with Crippen LogP contribution in [0.15, 0.2) is 0 Å². The molecular formula is C14H33N. The van der Waals surface area contributed by atoms with Crippen molar-refractivity contribution in [1.82, 2.24) is 4.90 Å². The third kappa shape index (κ3) is 11.9. The molecule has 0 aliphatic heterocycles. The van der Waals surface area contributed by atoms with Gasteiger partial charge in [-0.1, -0.05) is 47.5 Å². The van der Waals surface area contributed by atoms with Crippen molar-refractivity contribution in [2.45, 2.75) is 73.8 Å². The molecule has 94 valence electrons. The van der Waals surface area contributed by atoms with Crippen molar-refractivity contribution in [3.8, 4) is 0 Å². The molecule has 0 spiro atoms. The fourth-order valence-electron chi connectivity index (χ4n) is 1.65. The fraction of sp³-hybridized carbons (Fsp3) is 1.00. The predicted octanol–water partition coefficient (Wildman–Crippen LogP) is 4.57. The Morgan fingerprint density at radius 1 is 0.933 bits per heavy atom. The largest absolute Gasteiger partial charge is 0.301 e. The van der Waals surface area contributed by atoms with Gasteiger partial charge in [-0.15, -0.1) is 0 Å². The van der Waals surface area contributed by atoms with Crippen LogP contribution in [-0.2, 0) is 0 Å². The highest BCUT2D eigenvalue weighted by Crippen LogP contribution is 2.08. The first-order valence-corrected chi connectivity index (χ1v) is 6.82. The number of nitrogens with zero attached hydrogens (tertiary/aromatic N) is 1. The number of hydrogen-bond donors (Lipinski definition) is 0. The van der Waals surface area contributed by atoms with E-state index in [1.54, 1.807) is 0 Å². The highest BCUT2D eigenvalue weighted by atomic mass is 15.1. The van der Waals surface area contributed by atoms with Crippen LogP contribution in [0.5, 0.6) is 0 Å².